The number of aromatic nitrogens is 3. The van der Waals surface area contributed by atoms with Crippen molar-refractivity contribution < 1.29 is 18.0 Å². The van der Waals surface area contributed by atoms with Gasteiger partial charge in [-0.3, -0.25) is 14.8 Å². The number of nitrogens with zero attached hydrogens (tertiary/aromatic N) is 4. The van der Waals surface area contributed by atoms with E-state index in [4.69, 9.17) is 5.73 Å². The number of anilines is 2. The number of thioether (sulfide) groups is 1. The van der Waals surface area contributed by atoms with Gasteiger partial charge in [-0.2, -0.15) is 4.39 Å². The van der Waals surface area contributed by atoms with Crippen LogP contribution in [0, 0.1) is 11.9 Å². The summed E-state index contributed by atoms with van der Waals surface area (Å²) in [6, 6.07) is 4.91. The summed E-state index contributed by atoms with van der Waals surface area (Å²) in [4.78, 5) is 29.3. The Balaban J connectivity index is 1.48. The highest BCUT2D eigenvalue weighted by molar-refractivity contribution is 8.15. The van der Waals surface area contributed by atoms with Crippen LogP contribution >= 0.6 is 11.8 Å². The minimum absolute atomic E-state index is 0.00143. The molecule has 1 aliphatic heterocycles. The van der Waals surface area contributed by atoms with E-state index in [0.717, 1.165) is 11.8 Å². The first-order chi connectivity index (χ1) is 17.0. The molecular weight excluding hydrogens is 491 g/mol. The second-order valence-corrected chi connectivity index (χ2v) is 10.9. The number of carbonyl (C=O) groups is 1. The third kappa shape index (κ3) is 4.02. The minimum atomic E-state index is -2.61. The number of pyridine rings is 3. The molecule has 1 saturated carbocycles. The highest BCUT2D eigenvalue weighted by Crippen LogP contribution is 2.68. The molecule has 3 aromatic heterocycles. The van der Waals surface area contributed by atoms with Gasteiger partial charge in [-0.05, 0) is 45.4 Å². The SMILES string of the molecule is CC(C)NC(=O)c1cnc2c(Nc3cnc(F)c([C@]4(C)N=C(N)S[C@@]5(C(F)F)C[C@@H]45)c3)nccc2c1. The van der Waals surface area contributed by atoms with E-state index in [0.29, 0.717) is 28.0 Å². The highest BCUT2D eigenvalue weighted by Gasteiger charge is 2.71. The van der Waals surface area contributed by atoms with Crippen LogP contribution in [0.4, 0.5) is 24.7 Å². The highest BCUT2D eigenvalue weighted by atomic mass is 32.2. The number of halogens is 3. The van der Waals surface area contributed by atoms with Crippen molar-refractivity contribution in [3.8, 4) is 0 Å². The maximum Gasteiger partial charge on any atom is 0.253 e. The third-order valence-electron chi connectivity index (χ3n) is 6.57. The van der Waals surface area contributed by atoms with Gasteiger partial charge in [0.05, 0.1) is 27.7 Å². The minimum Gasteiger partial charge on any atom is -0.378 e. The summed E-state index contributed by atoms with van der Waals surface area (Å²) in [6.45, 7) is 5.35. The van der Waals surface area contributed by atoms with E-state index in [-0.39, 0.29) is 29.1 Å². The van der Waals surface area contributed by atoms with Gasteiger partial charge in [-0.25, -0.2) is 18.7 Å². The second kappa shape index (κ2) is 8.61. The largest absolute Gasteiger partial charge is 0.378 e. The first-order valence-corrected chi connectivity index (χ1v) is 12.2. The Hall–Kier alpha value is -3.41. The molecule has 4 heterocycles. The fourth-order valence-corrected chi connectivity index (χ4v) is 6.07. The molecule has 0 spiro atoms. The number of carbonyl (C=O) groups excluding carboxylic acids is 1. The molecule has 36 heavy (non-hydrogen) atoms. The number of hydrogen-bond donors (Lipinski definition) is 3. The van der Waals surface area contributed by atoms with Gasteiger partial charge < -0.3 is 16.4 Å². The molecule has 188 valence electrons. The maximum atomic E-state index is 14.9. The normalized spacial score (nSPS) is 25.0. The smallest absolute Gasteiger partial charge is 0.253 e. The van der Waals surface area contributed by atoms with E-state index in [9.17, 15) is 18.0 Å². The van der Waals surface area contributed by atoms with Crippen molar-refractivity contribution >= 4 is 45.2 Å². The van der Waals surface area contributed by atoms with E-state index in [1.54, 1.807) is 25.3 Å². The molecule has 2 aliphatic rings. The van der Waals surface area contributed by atoms with Gasteiger partial charge >= 0.3 is 0 Å². The topological polar surface area (TPSA) is 118 Å². The summed E-state index contributed by atoms with van der Waals surface area (Å²) in [5, 5.41) is 6.58. The van der Waals surface area contributed by atoms with Crippen LogP contribution in [-0.2, 0) is 5.54 Å². The molecule has 0 bridgehead atoms. The van der Waals surface area contributed by atoms with Gasteiger partial charge in [0, 0.05) is 35.3 Å². The zero-order valence-corrected chi connectivity index (χ0v) is 20.5. The van der Waals surface area contributed by atoms with Gasteiger partial charge in [0.25, 0.3) is 12.3 Å². The Morgan fingerprint density at radius 3 is 2.72 bits per heavy atom. The van der Waals surface area contributed by atoms with Gasteiger partial charge in [0.1, 0.15) is 5.52 Å². The lowest BCUT2D eigenvalue weighted by molar-refractivity contribution is 0.0943. The molecule has 5 rings (SSSR count). The van der Waals surface area contributed by atoms with Crippen LogP contribution in [-0.4, -0.2) is 43.2 Å². The maximum absolute atomic E-state index is 14.9. The van der Waals surface area contributed by atoms with E-state index < -0.39 is 28.6 Å². The zero-order chi connectivity index (χ0) is 25.8. The summed E-state index contributed by atoms with van der Waals surface area (Å²) >= 11 is 0.861. The molecule has 3 aromatic rings. The molecule has 12 heteroatoms. The Bertz CT molecular complexity index is 1400. The van der Waals surface area contributed by atoms with E-state index in [2.05, 4.69) is 30.6 Å². The molecule has 1 amide bonds. The van der Waals surface area contributed by atoms with Crippen LogP contribution in [0.2, 0.25) is 0 Å². The molecule has 4 N–H and O–H groups in total. The lowest BCUT2D eigenvalue weighted by atomic mass is 9.86. The number of alkyl halides is 2. The predicted molar refractivity (Wildman–Crippen MR) is 133 cm³/mol. The fourth-order valence-electron chi connectivity index (χ4n) is 4.73. The predicted octanol–water partition coefficient (Wildman–Crippen LogP) is 4.35. The standard InChI is InChI=1S/C24H24F3N7OS/c1-11(2)32-20(35)13-6-12-4-5-29-19(17(12)30-9-13)33-14-7-15(18(25)31-10-14)23(3)16-8-24(16,21(26)27)36-22(28)34-23/h4-7,9-11,16,21H,8H2,1-3H3,(H2,28,34)(H,29,33)(H,32,35)/t16-,23-,24-/m0/s1. The summed E-state index contributed by atoms with van der Waals surface area (Å²) in [6.07, 6.45) is 1.85. The van der Waals surface area contributed by atoms with Crippen molar-refractivity contribution in [2.45, 2.75) is 49.9 Å². The summed E-state index contributed by atoms with van der Waals surface area (Å²) in [7, 11) is 0. The molecule has 0 unspecified atom stereocenters. The van der Waals surface area contributed by atoms with Gasteiger partial charge in [0.2, 0.25) is 5.95 Å². The Morgan fingerprint density at radius 1 is 1.22 bits per heavy atom. The Kier molecular flexibility index (Phi) is 5.81. The van der Waals surface area contributed by atoms with Gasteiger partial charge in [-0.1, -0.05) is 11.8 Å². The van der Waals surface area contributed by atoms with Crippen LogP contribution in [0.3, 0.4) is 0 Å². The number of nitrogens with two attached hydrogens (primary N) is 1. The molecule has 8 nitrogen and oxygen atoms in total. The number of nitrogens with one attached hydrogen (secondary N) is 2. The zero-order valence-electron chi connectivity index (χ0n) is 19.7. The van der Waals surface area contributed by atoms with Crippen LogP contribution in [0.15, 0.2) is 41.8 Å². The van der Waals surface area contributed by atoms with E-state index in [1.807, 2.05) is 13.8 Å². The first kappa shape index (κ1) is 24.3. The molecule has 1 fully saturated rings. The number of hydrogen-bond acceptors (Lipinski definition) is 8. The quantitative estimate of drug-likeness (QED) is 0.418. The summed E-state index contributed by atoms with van der Waals surface area (Å²) in [5.74, 6) is -1.26. The lowest BCUT2D eigenvalue weighted by Gasteiger charge is -2.33. The first-order valence-electron chi connectivity index (χ1n) is 11.3. The molecule has 0 radical (unpaired) electrons. The molecule has 0 saturated heterocycles. The van der Waals surface area contributed by atoms with Gasteiger partial charge in [0.15, 0.2) is 11.0 Å². The van der Waals surface area contributed by atoms with Crippen molar-refractivity contribution in [3.63, 3.8) is 0 Å². The number of rotatable bonds is 6. The van der Waals surface area contributed by atoms with E-state index >= 15 is 0 Å². The number of amides is 1. The van der Waals surface area contributed by atoms with Crippen LogP contribution in [0.1, 0.15) is 43.1 Å². The van der Waals surface area contributed by atoms with Crippen LogP contribution in [0.5, 0.6) is 0 Å². The van der Waals surface area contributed by atoms with E-state index in [1.165, 1.54) is 18.5 Å². The average molecular weight is 516 g/mol. The fraction of sp³-hybridized carbons (Fsp3) is 0.375. The lowest BCUT2D eigenvalue weighted by Crippen LogP contribution is -2.39. The average Bonchev–Trinajstić information content (AvgIpc) is 3.57. The van der Waals surface area contributed by atoms with Crippen molar-refractivity contribution in [2.75, 3.05) is 5.32 Å². The second-order valence-electron chi connectivity index (χ2n) is 9.48. The molecule has 3 atom stereocenters. The Morgan fingerprint density at radius 2 is 2.00 bits per heavy atom. The summed E-state index contributed by atoms with van der Waals surface area (Å²) < 4.78 is 41.3. The molecule has 0 aromatic carbocycles. The van der Waals surface area contributed by atoms with Crippen molar-refractivity contribution in [1.82, 2.24) is 20.3 Å². The van der Waals surface area contributed by atoms with Gasteiger partial charge in [-0.15, -0.1) is 0 Å². The molecule has 1 aliphatic carbocycles. The molecular formula is C24H24F3N7OS. The Labute approximate surface area is 209 Å². The van der Waals surface area contributed by atoms with Crippen LogP contribution in [0.25, 0.3) is 10.9 Å². The third-order valence-corrected chi connectivity index (χ3v) is 7.88. The van der Waals surface area contributed by atoms with Crippen molar-refractivity contribution in [3.05, 3.63) is 53.9 Å². The number of aliphatic imine (C=N–C) groups is 1. The summed E-state index contributed by atoms with van der Waals surface area (Å²) in [5.41, 5.74) is 5.96. The number of fused-ring (bicyclic) bond motifs is 2. The monoisotopic (exact) mass is 515 g/mol. The van der Waals surface area contributed by atoms with Crippen molar-refractivity contribution in [1.29, 1.82) is 0 Å². The van der Waals surface area contributed by atoms with Crippen LogP contribution < -0.4 is 16.4 Å². The van der Waals surface area contributed by atoms with Crippen molar-refractivity contribution in [2.24, 2.45) is 16.6 Å². The number of amidine groups is 1.